The van der Waals surface area contributed by atoms with E-state index in [9.17, 15) is 4.39 Å². The van der Waals surface area contributed by atoms with Gasteiger partial charge in [0, 0.05) is 16.6 Å². The van der Waals surface area contributed by atoms with Gasteiger partial charge in [0.15, 0.2) is 0 Å². The molecule has 2 aromatic rings. The SMILES string of the molecule is CNC(Cc1c(F)cccc1Cl)c1cc(Br)sc1Br. The molecule has 6 heteroatoms. The number of rotatable bonds is 4. The molecule has 1 aromatic heterocycles. The van der Waals surface area contributed by atoms with E-state index in [1.165, 1.54) is 6.07 Å². The van der Waals surface area contributed by atoms with Gasteiger partial charge < -0.3 is 5.32 Å². The molecule has 0 saturated carbocycles. The van der Waals surface area contributed by atoms with Crippen LogP contribution in [-0.2, 0) is 6.42 Å². The van der Waals surface area contributed by atoms with Crippen LogP contribution in [0.3, 0.4) is 0 Å². The van der Waals surface area contributed by atoms with Crippen LogP contribution in [0.25, 0.3) is 0 Å². The lowest BCUT2D eigenvalue weighted by Gasteiger charge is -2.17. The van der Waals surface area contributed by atoms with Crippen molar-refractivity contribution in [2.75, 3.05) is 7.05 Å². The van der Waals surface area contributed by atoms with Crippen LogP contribution in [0.15, 0.2) is 31.8 Å². The minimum absolute atomic E-state index is 0.00586. The molecule has 1 N–H and O–H groups in total. The average Bonchev–Trinajstić information content (AvgIpc) is 2.68. The van der Waals surface area contributed by atoms with Crippen LogP contribution < -0.4 is 5.32 Å². The van der Waals surface area contributed by atoms with Gasteiger partial charge >= 0.3 is 0 Å². The maximum absolute atomic E-state index is 13.8. The molecule has 0 bridgehead atoms. The molecule has 1 unspecified atom stereocenters. The van der Waals surface area contributed by atoms with Crippen molar-refractivity contribution in [3.8, 4) is 0 Å². The zero-order chi connectivity index (χ0) is 14.0. The molecular formula is C13H11Br2ClFNS. The zero-order valence-electron chi connectivity index (χ0n) is 10.0. The molecule has 102 valence electrons. The smallest absolute Gasteiger partial charge is 0.127 e. The Hall–Kier alpha value is 0.0600. The predicted molar refractivity (Wildman–Crippen MR) is 86.6 cm³/mol. The Bertz CT molecular complexity index is 568. The van der Waals surface area contributed by atoms with Gasteiger partial charge in [-0.1, -0.05) is 17.7 Å². The third-order valence-electron chi connectivity index (χ3n) is 2.88. The zero-order valence-corrected chi connectivity index (χ0v) is 14.8. The van der Waals surface area contributed by atoms with Crippen molar-refractivity contribution in [3.63, 3.8) is 0 Å². The second kappa shape index (κ2) is 6.68. The molecule has 0 fully saturated rings. The van der Waals surface area contributed by atoms with Crippen molar-refractivity contribution in [2.45, 2.75) is 12.5 Å². The Morgan fingerprint density at radius 2 is 2.16 bits per heavy atom. The van der Waals surface area contributed by atoms with Gasteiger partial charge in [-0.15, -0.1) is 11.3 Å². The second-order valence-electron chi connectivity index (χ2n) is 4.03. The summed E-state index contributed by atoms with van der Waals surface area (Å²) in [4.78, 5) is 0. The third-order valence-corrected chi connectivity index (χ3v) is 5.62. The van der Waals surface area contributed by atoms with Gasteiger partial charge in [-0.2, -0.15) is 0 Å². The van der Waals surface area contributed by atoms with E-state index in [1.54, 1.807) is 23.5 Å². The van der Waals surface area contributed by atoms with E-state index in [0.29, 0.717) is 17.0 Å². The molecule has 19 heavy (non-hydrogen) atoms. The van der Waals surface area contributed by atoms with Crippen molar-refractivity contribution in [2.24, 2.45) is 0 Å². The van der Waals surface area contributed by atoms with Gasteiger partial charge in [0.25, 0.3) is 0 Å². The van der Waals surface area contributed by atoms with E-state index in [4.69, 9.17) is 11.6 Å². The van der Waals surface area contributed by atoms with Crippen LogP contribution in [0.2, 0.25) is 5.02 Å². The van der Waals surface area contributed by atoms with Crippen molar-refractivity contribution in [3.05, 3.63) is 53.8 Å². The second-order valence-corrected chi connectivity index (χ2v) is 8.18. The molecule has 0 aliphatic carbocycles. The van der Waals surface area contributed by atoms with Crippen LogP contribution >= 0.6 is 54.8 Å². The molecule has 1 nitrogen and oxygen atoms in total. The first-order valence-electron chi connectivity index (χ1n) is 5.57. The molecule has 1 heterocycles. The summed E-state index contributed by atoms with van der Waals surface area (Å²) < 4.78 is 15.9. The van der Waals surface area contributed by atoms with Gasteiger partial charge in [0.05, 0.1) is 7.57 Å². The first-order chi connectivity index (χ1) is 9.02. The minimum Gasteiger partial charge on any atom is -0.313 e. The lowest BCUT2D eigenvalue weighted by Crippen LogP contribution is -2.19. The van der Waals surface area contributed by atoms with Crippen molar-refractivity contribution in [1.29, 1.82) is 0 Å². The summed E-state index contributed by atoms with van der Waals surface area (Å²) in [5.74, 6) is -0.266. The highest BCUT2D eigenvalue weighted by Crippen LogP contribution is 2.37. The van der Waals surface area contributed by atoms with Crippen LogP contribution in [-0.4, -0.2) is 7.05 Å². The minimum atomic E-state index is -0.266. The monoisotopic (exact) mass is 425 g/mol. The quantitative estimate of drug-likeness (QED) is 0.673. The largest absolute Gasteiger partial charge is 0.313 e. The molecule has 0 aliphatic heterocycles. The number of benzene rings is 1. The summed E-state index contributed by atoms with van der Waals surface area (Å²) in [6, 6.07) is 6.81. The molecule has 0 saturated heterocycles. The fourth-order valence-corrected chi connectivity index (χ4v) is 5.10. The number of nitrogens with one attached hydrogen (secondary N) is 1. The summed E-state index contributed by atoms with van der Waals surface area (Å²) >= 11 is 14.7. The molecule has 2 rings (SSSR count). The predicted octanol–water partition coefficient (Wildman–Crippen LogP) is 5.57. The molecular weight excluding hydrogens is 416 g/mol. The normalized spacial score (nSPS) is 12.7. The molecule has 0 aliphatic rings. The first-order valence-corrected chi connectivity index (χ1v) is 8.36. The van der Waals surface area contributed by atoms with Gasteiger partial charge in [-0.05, 0) is 69.1 Å². The van der Waals surface area contributed by atoms with Crippen LogP contribution in [0.5, 0.6) is 0 Å². The maximum atomic E-state index is 13.8. The van der Waals surface area contributed by atoms with Gasteiger partial charge in [-0.3, -0.25) is 0 Å². The van der Waals surface area contributed by atoms with E-state index in [-0.39, 0.29) is 11.9 Å². The average molecular weight is 428 g/mol. The van der Waals surface area contributed by atoms with Crippen molar-refractivity contribution >= 4 is 54.8 Å². The van der Waals surface area contributed by atoms with E-state index in [2.05, 4.69) is 37.2 Å². The van der Waals surface area contributed by atoms with Crippen LogP contribution in [0.4, 0.5) is 4.39 Å². The Morgan fingerprint density at radius 1 is 1.42 bits per heavy atom. The summed E-state index contributed by atoms with van der Waals surface area (Å²) in [5, 5.41) is 3.67. The molecule has 1 atom stereocenters. The lowest BCUT2D eigenvalue weighted by atomic mass is 10.0. The fourth-order valence-electron chi connectivity index (χ4n) is 1.89. The van der Waals surface area contributed by atoms with E-state index >= 15 is 0 Å². The highest BCUT2D eigenvalue weighted by Gasteiger charge is 2.19. The fraction of sp³-hybridized carbons (Fsp3) is 0.231. The van der Waals surface area contributed by atoms with Crippen LogP contribution in [0.1, 0.15) is 17.2 Å². The van der Waals surface area contributed by atoms with Crippen LogP contribution in [0, 0.1) is 5.82 Å². The van der Waals surface area contributed by atoms with E-state index < -0.39 is 0 Å². The number of hydrogen-bond donors (Lipinski definition) is 1. The number of halogens is 4. The van der Waals surface area contributed by atoms with E-state index in [1.807, 2.05) is 13.1 Å². The molecule has 0 radical (unpaired) electrons. The standard InChI is InChI=1S/C13H11Br2ClFNS/c1-18-11(8-6-12(14)19-13(8)15)5-7-9(16)3-2-4-10(7)17/h2-4,6,11,18H,5H2,1H3. The van der Waals surface area contributed by atoms with Gasteiger partial charge in [0.2, 0.25) is 0 Å². The maximum Gasteiger partial charge on any atom is 0.127 e. The highest BCUT2D eigenvalue weighted by molar-refractivity contribution is 9.12. The number of hydrogen-bond acceptors (Lipinski definition) is 2. The summed E-state index contributed by atoms with van der Waals surface area (Å²) in [6.45, 7) is 0. The number of thiophene rings is 1. The Balaban J connectivity index is 2.32. The highest BCUT2D eigenvalue weighted by atomic mass is 79.9. The topological polar surface area (TPSA) is 12.0 Å². The summed E-state index contributed by atoms with van der Waals surface area (Å²) in [7, 11) is 1.86. The third kappa shape index (κ3) is 3.58. The summed E-state index contributed by atoms with van der Waals surface area (Å²) in [5.41, 5.74) is 1.64. The summed E-state index contributed by atoms with van der Waals surface area (Å²) in [6.07, 6.45) is 0.504. The van der Waals surface area contributed by atoms with Crippen molar-refractivity contribution < 1.29 is 4.39 Å². The molecule has 0 amide bonds. The van der Waals surface area contributed by atoms with Crippen molar-refractivity contribution in [1.82, 2.24) is 5.32 Å². The number of likely N-dealkylation sites (N-methyl/N-ethyl adjacent to an activating group) is 1. The Kier molecular flexibility index (Phi) is 5.43. The molecule has 0 spiro atoms. The van der Waals surface area contributed by atoms with Gasteiger partial charge in [0.1, 0.15) is 5.82 Å². The van der Waals surface area contributed by atoms with Gasteiger partial charge in [-0.25, -0.2) is 4.39 Å². The first kappa shape index (κ1) is 15.4. The Labute approximate surface area is 137 Å². The Morgan fingerprint density at radius 3 is 2.68 bits per heavy atom. The lowest BCUT2D eigenvalue weighted by molar-refractivity contribution is 0.554. The van der Waals surface area contributed by atoms with E-state index in [0.717, 1.165) is 13.1 Å². The molecule has 1 aromatic carbocycles.